The van der Waals surface area contributed by atoms with Crippen molar-refractivity contribution in [2.75, 3.05) is 19.6 Å². The van der Waals surface area contributed by atoms with Gasteiger partial charge in [0.15, 0.2) is 0 Å². The van der Waals surface area contributed by atoms with Gasteiger partial charge in [0.05, 0.1) is 0 Å². The molecule has 28 heavy (non-hydrogen) atoms. The predicted molar refractivity (Wildman–Crippen MR) is 116 cm³/mol. The summed E-state index contributed by atoms with van der Waals surface area (Å²) >= 11 is 3.53. The minimum atomic E-state index is 0.194. The van der Waals surface area contributed by atoms with Crippen LogP contribution < -0.4 is 0 Å². The lowest BCUT2D eigenvalue weighted by atomic mass is 9.82. The van der Waals surface area contributed by atoms with E-state index in [1.165, 1.54) is 11.1 Å². The van der Waals surface area contributed by atoms with Gasteiger partial charge in [-0.05, 0) is 63.3 Å². The lowest BCUT2D eigenvalue weighted by Crippen LogP contribution is -2.47. The minimum Gasteiger partial charge on any atom is -0.335 e. The minimum absolute atomic E-state index is 0.194. The van der Waals surface area contributed by atoms with Crippen LogP contribution in [0.1, 0.15) is 33.8 Å². The number of nitrogens with zero attached hydrogens (tertiary/aromatic N) is 2. The highest BCUT2D eigenvalue weighted by Gasteiger charge is 2.47. The van der Waals surface area contributed by atoms with Gasteiger partial charge in [0.25, 0.3) is 5.91 Å². The van der Waals surface area contributed by atoms with E-state index in [2.05, 4.69) is 43.5 Å². The fourth-order valence-corrected chi connectivity index (χ4v) is 6.29. The second-order valence-electron chi connectivity index (χ2n) is 7.87. The van der Waals surface area contributed by atoms with Gasteiger partial charge in [-0.25, -0.2) is 0 Å². The average molecular weight is 409 g/mol. The van der Waals surface area contributed by atoms with Crippen LogP contribution in [-0.4, -0.2) is 41.4 Å². The molecule has 3 atom stereocenters. The summed E-state index contributed by atoms with van der Waals surface area (Å²) < 4.78 is 0. The number of benzene rings is 1. The van der Waals surface area contributed by atoms with Crippen LogP contribution in [0.4, 0.5) is 0 Å². The summed E-state index contributed by atoms with van der Waals surface area (Å²) in [5.41, 5.74) is 3.62. The van der Waals surface area contributed by atoms with Crippen molar-refractivity contribution < 1.29 is 4.79 Å². The number of carbonyl (C=O) groups excluding carboxylic acids is 1. The van der Waals surface area contributed by atoms with Crippen molar-refractivity contribution in [3.8, 4) is 0 Å². The first-order valence-corrected chi connectivity index (χ1v) is 11.8. The number of carbonyl (C=O) groups is 1. The molecule has 2 aliphatic rings. The van der Waals surface area contributed by atoms with E-state index in [1.807, 2.05) is 30.3 Å². The van der Waals surface area contributed by atoms with Crippen LogP contribution in [0.15, 0.2) is 64.0 Å². The summed E-state index contributed by atoms with van der Waals surface area (Å²) in [6.07, 6.45) is 1.06. The molecular weight excluding hydrogens is 384 g/mol. The molecule has 5 rings (SSSR count). The first-order valence-electron chi connectivity index (χ1n) is 9.91. The predicted octanol–water partition coefficient (Wildman–Crippen LogP) is 4.94. The second kappa shape index (κ2) is 7.82. The van der Waals surface area contributed by atoms with E-state index in [1.54, 1.807) is 22.7 Å². The summed E-state index contributed by atoms with van der Waals surface area (Å²) in [5, 5.41) is 8.85. The highest BCUT2D eigenvalue weighted by atomic mass is 32.1. The standard InChI is InChI=1S/C23H24N2OS2/c26-23(18-4-2-1-3-5-18)25-14-20(19-8-11-28-16-19)21-13-24(9-6-22(21)25)12-17-7-10-27-15-17/h1-5,7-8,10-11,15-16,20-22H,6,9,12-14H2/t20-,21-,22-/m1/s1. The van der Waals surface area contributed by atoms with E-state index < -0.39 is 0 Å². The lowest BCUT2D eigenvalue weighted by Gasteiger charge is -2.38. The Morgan fingerprint density at radius 2 is 1.82 bits per heavy atom. The summed E-state index contributed by atoms with van der Waals surface area (Å²) in [6, 6.07) is 14.6. The van der Waals surface area contributed by atoms with Crippen LogP contribution in [0.2, 0.25) is 0 Å². The van der Waals surface area contributed by atoms with E-state index in [-0.39, 0.29) is 5.91 Å². The molecule has 4 heterocycles. The van der Waals surface area contributed by atoms with E-state index in [4.69, 9.17) is 0 Å². The van der Waals surface area contributed by atoms with Crippen molar-refractivity contribution in [3.63, 3.8) is 0 Å². The van der Waals surface area contributed by atoms with Crippen LogP contribution in [0.3, 0.4) is 0 Å². The van der Waals surface area contributed by atoms with Gasteiger partial charge in [-0.2, -0.15) is 22.7 Å². The Kier molecular flexibility index (Phi) is 5.05. The van der Waals surface area contributed by atoms with Gasteiger partial charge in [-0.1, -0.05) is 18.2 Å². The monoisotopic (exact) mass is 408 g/mol. The molecule has 0 spiro atoms. The topological polar surface area (TPSA) is 23.6 Å². The molecule has 1 amide bonds. The third kappa shape index (κ3) is 3.43. The molecule has 0 bridgehead atoms. The number of fused-ring (bicyclic) bond motifs is 1. The van der Waals surface area contributed by atoms with Gasteiger partial charge in [-0.15, -0.1) is 0 Å². The van der Waals surface area contributed by atoms with Crippen molar-refractivity contribution in [2.24, 2.45) is 5.92 Å². The Labute approximate surface area is 174 Å². The van der Waals surface area contributed by atoms with Gasteiger partial charge in [0.2, 0.25) is 0 Å². The molecule has 2 saturated heterocycles. The highest BCUT2D eigenvalue weighted by molar-refractivity contribution is 7.08. The molecule has 3 nitrogen and oxygen atoms in total. The van der Waals surface area contributed by atoms with Crippen molar-refractivity contribution >= 4 is 28.6 Å². The Morgan fingerprint density at radius 3 is 2.57 bits per heavy atom. The summed E-state index contributed by atoms with van der Waals surface area (Å²) in [7, 11) is 0. The molecule has 2 fully saturated rings. The van der Waals surface area contributed by atoms with Crippen molar-refractivity contribution in [2.45, 2.75) is 24.9 Å². The second-order valence-corrected chi connectivity index (χ2v) is 9.43. The average Bonchev–Trinajstić information content (AvgIpc) is 3.49. The molecule has 0 unspecified atom stereocenters. The molecule has 2 aromatic heterocycles. The van der Waals surface area contributed by atoms with Gasteiger partial charge in [0, 0.05) is 49.6 Å². The smallest absolute Gasteiger partial charge is 0.254 e. The van der Waals surface area contributed by atoms with Gasteiger partial charge in [-0.3, -0.25) is 9.69 Å². The number of likely N-dealkylation sites (tertiary alicyclic amines) is 2. The Bertz CT molecular complexity index is 908. The number of rotatable bonds is 4. The summed E-state index contributed by atoms with van der Waals surface area (Å²) in [5.74, 6) is 1.14. The molecule has 1 aromatic carbocycles. The molecule has 2 aliphatic heterocycles. The Morgan fingerprint density at radius 1 is 1.00 bits per heavy atom. The summed E-state index contributed by atoms with van der Waals surface area (Å²) in [6.45, 7) is 3.99. The fourth-order valence-electron chi connectivity index (χ4n) is 4.91. The molecular formula is C23H24N2OS2. The zero-order valence-corrected chi connectivity index (χ0v) is 17.4. The number of amides is 1. The van der Waals surface area contributed by atoms with Crippen LogP contribution in [0.5, 0.6) is 0 Å². The highest BCUT2D eigenvalue weighted by Crippen LogP contribution is 2.42. The quantitative estimate of drug-likeness (QED) is 0.610. The number of hydrogen-bond acceptors (Lipinski definition) is 4. The first-order chi connectivity index (χ1) is 13.8. The molecule has 0 radical (unpaired) electrons. The number of hydrogen-bond donors (Lipinski definition) is 0. The normalized spacial score (nSPS) is 25.0. The van der Waals surface area contributed by atoms with Gasteiger partial charge >= 0.3 is 0 Å². The van der Waals surface area contributed by atoms with Crippen LogP contribution in [-0.2, 0) is 6.54 Å². The van der Waals surface area contributed by atoms with Gasteiger partial charge < -0.3 is 4.90 Å². The van der Waals surface area contributed by atoms with Crippen molar-refractivity contribution in [1.82, 2.24) is 9.80 Å². The Hall–Kier alpha value is -1.95. The third-order valence-electron chi connectivity index (χ3n) is 6.25. The Balaban J connectivity index is 1.40. The van der Waals surface area contributed by atoms with E-state index in [9.17, 15) is 4.79 Å². The van der Waals surface area contributed by atoms with Crippen molar-refractivity contribution in [1.29, 1.82) is 0 Å². The maximum Gasteiger partial charge on any atom is 0.254 e. The molecule has 5 heteroatoms. The molecule has 0 saturated carbocycles. The summed E-state index contributed by atoms with van der Waals surface area (Å²) in [4.78, 5) is 18.0. The van der Waals surface area contributed by atoms with Crippen LogP contribution >= 0.6 is 22.7 Å². The molecule has 3 aromatic rings. The van der Waals surface area contributed by atoms with Gasteiger partial charge in [0.1, 0.15) is 0 Å². The molecule has 0 N–H and O–H groups in total. The SMILES string of the molecule is O=C(c1ccccc1)N1C[C@H](c2ccsc2)[C@H]2CN(Cc3ccsc3)CC[C@H]21. The van der Waals surface area contributed by atoms with Crippen molar-refractivity contribution in [3.05, 3.63) is 80.7 Å². The number of thiophene rings is 2. The van der Waals surface area contributed by atoms with E-state index >= 15 is 0 Å². The van der Waals surface area contributed by atoms with E-state index in [0.717, 1.165) is 38.2 Å². The zero-order chi connectivity index (χ0) is 18.9. The van der Waals surface area contributed by atoms with Crippen LogP contribution in [0, 0.1) is 5.92 Å². The molecule has 0 aliphatic carbocycles. The lowest BCUT2D eigenvalue weighted by molar-refractivity contribution is 0.0614. The third-order valence-corrected chi connectivity index (χ3v) is 7.69. The number of piperidine rings is 1. The van der Waals surface area contributed by atoms with E-state index in [0.29, 0.717) is 17.9 Å². The maximum atomic E-state index is 13.3. The molecule has 144 valence electrons. The zero-order valence-electron chi connectivity index (χ0n) is 15.7. The largest absolute Gasteiger partial charge is 0.335 e. The first kappa shape index (κ1) is 18.1. The fraction of sp³-hybridized carbons (Fsp3) is 0.348. The van der Waals surface area contributed by atoms with Crippen LogP contribution in [0.25, 0.3) is 0 Å². The maximum absolute atomic E-state index is 13.3.